The smallest absolute Gasteiger partial charge is 0.222 e. The fraction of sp³-hybridized carbons (Fsp3) is 0.867. The van der Waals surface area contributed by atoms with Crippen LogP contribution < -0.4 is 0 Å². The molecule has 2 bridgehead atoms. The van der Waals surface area contributed by atoms with E-state index in [4.69, 9.17) is 0 Å². The highest BCUT2D eigenvalue weighted by Gasteiger charge is 2.48. The van der Waals surface area contributed by atoms with Gasteiger partial charge in [0.25, 0.3) is 0 Å². The van der Waals surface area contributed by atoms with E-state index < -0.39 is 0 Å². The van der Waals surface area contributed by atoms with Crippen molar-refractivity contribution in [3.8, 4) is 0 Å². The summed E-state index contributed by atoms with van der Waals surface area (Å²) in [6.07, 6.45) is 5.71. The Labute approximate surface area is 114 Å². The Kier molecular flexibility index (Phi) is 2.69. The van der Waals surface area contributed by atoms with Gasteiger partial charge in [0.2, 0.25) is 5.91 Å². The lowest BCUT2D eigenvalue weighted by molar-refractivity contribution is -0.149. The molecule has 4 aliphatic rings. The lowest BCUT2D eigenvalue weighted by atomic mass is 9.71. The fourth-order valence-corrected chi connectivity index (χ4v) is 4.91. The van der Waals surface area contributed by atoms with Crippen molar-refractivity contribution in [1.82, 2.24) is 9.80 Å². The van der Waals surface area contributed by atoms with Crippen LogP contribution in [0, 0.1) is 11.8 Å². The quantitative estimate of drug-likeness (QED) is 0.655. The van der Waals surface area contributed by atoms with Crippen LogP contribution in [0.15, 0.2) is 0 Å². The number of carbonyl (C=O) groups is 2. The molecule has 4 heteroatoms. The predicted octanol–water partition coefficient (Wildman–Crippen LogP) is 1.05. The van der Waals surface area contributed by atoms with Gasteiger partial charge < -0.3 is 4.90 Å². The Morgan fingerprint density at radius 3 is 2.74 bits per heavy atom. The molecular weight excluding hydrogens is 240 g/mol. The van der Waals surface area contributed by atoms with Crippen molar-refractivity contribution in [1.29, 1.82) is 0 Å². The number of hydrogen-bond donors (Lipinski definition) is 0. The number of amides is 1. The summed E-state index contributed by atoms with van der Waals surface area (Å²) in [5, 5.41) is 0. The summed E-state index contributed by atoms with van der Waals surface area (Å²) < 4.78 is 0. The van der Waals surface area contributed by atoms with Gasteiger partial charge in [-0.2, -0.15) is 0 Å². The largest absolute Gasteiger partial charge is 0.339 e. The summed E-state index contributed by atoms with van der Waals surface area (Å²) in [6, 6.07) is 0.921. The molecule has 19 heavy (non-hydrogen) atoms. The van der Waals surface area contributed by atoms with Crippen LogP contribution in [0.1, 0.15) is 38.5 Å². The Bertz CT molecular complexity index is 422. The molecular formula is C15H22N2O2. The van der Waals surface area contributed by atoms with E-state index in [1.165, 1.54) is 12.8 Å². The van der Waals surface area contributed by atoms with Gasteiger partial charge in [0.05, 0.1) is 0 Å². The normalized spacial score (nSPS) is 42.8. The summed E-state index contributed by atoms with van der Waals surface area (Å²) >= 11 is 0. The van der Waals surface area contributed by atoms with E-state index in [0.29, 0.717) is 35.6 Å². The number of fused-ring (bicyclic) bond motifs is 6. The molecule has 4 nitrogen and oxygen atoms in total. The third kappa shape index (κ3) is 1.83. The number of rotatable bonds is 0. The van der Waals surface area contributed by atoms with Crippen molar-refractivity contribution in [2.24, 2.45) is 11.8 Å². The van der Waals surface area contributed by atoms with Crippen LogP contribution in [-0.2, 0) is 9.59 Å². The Morgan fingerprint density at radius 1 is 1.00 bits per heavy atom. The maximum Gasteiger partial charge on any atom is 0.222 e. The summed E-state index contributed by atoms with van der Waals surface area (Å²) in [4.78, 5) is 28.6. The van der Waals surface area contributed by atoms with Gasteiger partial charge in [-0.25, -0.2) is 0 Å². The Hall–Kier alpha value is -0.900. The number of ketones is 1. The number of Topliss-reactive ketones (excluding diaryl/α,β-unsaturated/α-hetero) is 1. The van der Waals surface area contributed by atoms with Crippen molar-refractivity contribution in [3.05, 3.63) is 0 Å². The van der Waals surface area contributed by atoms with Crippen molar-refractivity contribution in [2.75, 3.05) is 19.6 Å². The van der Waals surface area contributed by atoms with E-state index in [0.717, 1.165) is 45.3 Å². The van der Waals surface area contributed by atoms with Crippen LogP contribution in [0.5, 0.6) is 0 Å². The minimum Gasteiger partial charge on any atom is -0.339 e. The molecule has 4 atom stereocenters. The molecule has 4 aliphatic heterocycles. The average molecular weight is 262 g/mol. The van der Waals surface area contributed by atoms with Gasteiger partial charge in [0, 0.05) is 51.0 Å². The lowest BCUT2D eigenvalue weighted by Crippen LogP contribution is -2.65. The molecule has 4 fully saturated rings. The second-order valence-electron chi connectivity index (χ2n) is 6.82. The predicted molar refractivity (Wildman–Crippen MR) is 70.6 cm³/mol. The van der Waals surface area contributed by atoms with E-state index in [2.05, 4.69) is 9.80 Å². The Morgan fingerprint density at radius 2 is 1.84 bits per heavy atom. The maximum absolute atomic E-state index is 12.1. The summed E-state index contributed by atoms with van der Waals surface area (Å²) in [6.45, 7) is 2.98. The first-order valence-electron chi connectivity index (χ1n) is 7.77. The van der Waals surface area contributed by atoms with Gasteiger partial charge in [-0.15, -0.1) is 0 Å². The van der Waals surface area contributed by atoms with Gasteiger partial charge in [-0.1, -0.05) is 0 Å². The first-order valence-corrected chi connectivity index (χ1v) is 7.77. The summed E-state index contributed by atoms with van der Waals surface area (Å²) in [5.41, 5.74) is 0. The molecule has 0 N–H and O–H groups in total. The molecule has 0 radical (unpaired) electrons. The highest BCUT2D eigenvalue weighted by atomic mass is 16.2. The second-order valence-corrected chi connectivity index (χ2v) is 6.82. The monoisotopic (exact) mass is 262 g/mol. The second kappa shape index (κ2) is 4.30. The van der Waals surface area contributed by atoms with E-state index in [-0.39, 0.29) is 0 Å². The van der Waals surface area contributed by atoms with E-state index in [1.807, 2.05) is 0 Å². The molecule has 4 heterocycles. The topological polar surface area (TPSA) is 40.6 Å². The highest BCUT2D eigenvalue weighted by molar-refractivity contribution is 5.80. The average Bonchev–Trinajstić information content (AvgIpc) is 2.41. The molecule has 104 valence electrons. The highest BCUT2D eigenvalue weighted by Crippen LogP contribution is 2.42. The zero-order valence-electron chi connectivity index (χ0n) is 11.4. The molecule has 0 saturated carbocycles. The summed E-state index contributed by atoms with van der Waals surface area (Å²) in [5.74, 6) is 1.99. The van der Waals surface area contributed by atoms with Gasteiger partial charge in [0.1, 0.15) is 5.78 Å². The first-order chi connectivity index (χ1) is 9.22. The van der Waals surface area contributed by atoms with Crippen LogP contribution in [0.25, 0.3) is 0 Å². The van der Waals surface area contributed by atoms with Crippen molar-refractivity contribution in [3.63, 3.8) is 0 Å². The zero-order valence-corrected chi connectivity index (χ0v) is 11.4. The van der Waals surface area contributed by atoms with Crippen molar-refractivity contribution < 1.29 is 9.59 Å². The molecule has 0 aromatic heterocycles. The number of nitrogens with zero attached hydrogens (tertiary/aromatic N) is 2. The molecule has 0 aromatic rings. The number of carbonyl (C=O) groups excluding carboxylic acids is 2. The van der Waals surface area contributed by atoms with Gasteiger partial charge in [0.15, 0.2) is 0 Å². The zero-order chi connectivity index (χ0) is 13.0. The van der Waals surface area contributed by atoms with Crippen molar-refractivity contribution >= 4 is 11.7 Å². The van der Waals surface area contributed by atoms with Crippen LogP contribution in [0.2, 0.25) is 0 Å². The number of hydrogen-bond acceptors (Lipinski definition) is 3. The molecule has 4 unspecified atom stereocenters. The number of piperidine rings is 4. The SMILES string of the molecule is O=C1CCN2CC3CC(CN4C(=O)CCCC34)C2C1. The molecule has 0 spiro atoms. The van der Waals surface area contributed by atoms with Crippen LogP contribution in [-0.4, -0.2) is 53.2 Å². The molecule has 1 amide bonds. The van der Waals surface area contributed by atoms with E-state index in [1.54, 1.807) is 0 Å². The van der Waals surface area contributed by atoms with E-state index >= 15 is 0 Å². The third-order valence-corrected chi connectivity index (χ3v) is 5.79. The molecule has 4 saturated heterocycles. The maximum atomic E-state index is 12.1. The molecule has 0 aliphatic carbocycles. The first kappa shape index (κ1) is 11.9. The standard InChI is InChI=1S/C15H22N2O2/c18-12-4-5-16-8-10-6-11(14(16)7-12)9-17-13(10)2-1-3-15(17)19/h10-11,13-14H,1-9H2. The Balaban J connectivity index is 1.59. The molecule has 4 rings (SSSR count). The van der Waals surface area contributed by atoms with Crippen LogP contribution in [0.4, 0.5) is 0 Å². The fourth-order valence-electron chi connectivity index (χ4n) is 4.91. The summed E-state index contributed by atoms with van der Waals surface area (Å²) in [7, 11) is 0. The van der Waals surface area contributed by atoms with Gasteiger partial charge in [-0.05, 0) is 31.1 Å². The lowest BCUT2D eigenvalue weighted by Gasteiger charge is -2.56. The van der Waals surface area contributed by atoms with E-state index in [9.17, 15) is 9.59 Å². The van der Waals surface area contributed by atoms with Crippen molar-refractivity contribution in [2.45, 2.75) is 50.6 Å². The van der Waals surface area contributed by atoms with Gasteiger partial charge in [-0.3, -0.25) is 14.5 Å². The minimum atomic E-state index is 0.363. The van der Waals surface area contributed by atoms with Crippen LogP contribution >= 0.6 is 0 Å². The van der Waals surface area contributed by atoms with Gasteiger partial charge >= 0.3 is 0 Å². The third-order valence-electron chi connectivity index (χ3n) is 5.79. The minimum absolute atomic E-state index is 0.363. The molecule has 0 aromatic carbocycles. The van der Waals surface area contributed by atoms with Crippen LogP contribution in [0.3, 0.4) is 0 Å².